The number of alkyl halides is 14. The van der Waals surface area contributed by atoms with Gasteiger partial charge in [-0.2, -0.15) is 72.0 Å². The Balaban J connectivity index is 2.83. The van der Waals surface area contributed by atoms with Crippen molar-refractivity contribution in [3.05, 3.63) is 58.7 Å². The first kappa shape index (κ1) is 30.0. The molecule has 2 nitrogen and oxygen atoms in total. The van der Waals surface area contributed by atoms with Crippen LogP contribution in [0, 0.1) is 22.7 Å². The van der Waals surface area contributed by atoms with Gasteiger partial charge in [0.2, 0.25) is 0 Å². The quantitative estimate of drug-likeness (QED) is 0.328. The fourth-order valence-electron chi connectivity index (χ4n) is 2.68. The first-order chi connectivity index (χ1) is 16.6. The third kappa shape index (κ3) is 5.01. The molecule has 0 aliphatic rings. The molecule has 0 saturated heterocycles. The molecule has 0 saturated carbocycles. The number of nitriles is 2. The number of hydrogen-bond acceptors (Lipinski definition) is 3. The lowest BCUT2D eigenvalue weighted by molar-refractivity contribution is -0.360. The minimum absolute atomic E-state index is 0.159. The lowest BCUT2D eigenvalue weighted by Crippen LogP contribution is -2.50. The summed E-state index contributed by atoms with van der Waals surface area (Å²) in [5.41, 5.74) is -6.35. The average molecular weight is 572 g/mol. The van der Waals surface area contributed by atoms with E-state index in [2.05, 4.69) is 0 Å². The fourth-order valence-corrected chi connectivity index (χ4v) is 3.78. The Morgan fingerprint density at radius 2 is 0.811 bits per heavy atom. The Hall–Kier alpha value is -3.21. The minimum atomic E-state index is -6.87. The molecule has 17 heteroatoms. The third-order valence-electron chi connectivity index (χ3n) is 4.61. The Labute approximate surface area is 201 Å². The number of hydrogen-bond donors (Lipinski definition) is 0. The van der Waals surface area contributed by atoms with Crippen LogP contribution >= 0.6 is 11.8 Å². The molecule has 0 aliphatic carbocycles. The zero-order chi connectivity index (χ0) is 28.8. The Kier molecular flexibility index (Phi) is 7.52. The van der Waals surface area contributed by atoms with Crippen molar-refractivity contribution in [3.63, 3.8) is 0 Å². The highest BCUT2D eigenvalue weighted by atomic mass is 32.2. The summed E-state index contributed by atoms with van der Waals surface area (Å²) in [4.78, 5) is -2.85. The molecule has 0 fully saturated rings. The maximum Gasteiger partial charge on any atom is 0.460 e. The van der Waals surface area contributed by atoms with Gasteiger partial charge in [-0.15, -0.1) is 0 Å². The van der Waals surface area contributed by atoms with Gasteiger partial charge < -0.3 is 0 Å². The summed E-state index contributed by atoms with van der Waals surface area (Å²) in [5.74, 6) is -26.0. The van der Waals surface area contributed by atoms with E-state index >= 15 is 0 Å². The second-order valence-electron chi connectivity index (χ2n) is 7.04. The number of halogens is 14. The van der Waals surface area contributed by atoms with Crippen LogP contribution < -0.4 is 0 Å². The highest BCUT2D eigenvalue weighted by molar-refractivity contribution is 7.99. The van der Waals surface area contributed by atoms with Gasteiger partial charge in [0.15, 0.2) is 0 Å². The first-order valence-electron chi connectivity index (χ1n) is 8.98. The molecule has 0 bridgehead atoms. The molecule has 0 unspecified atom stereocenters. The molecular weight excluding hydrogens is 566 g/mol. The van der Waals surface area contributed by atoms with Crippen LogP contribution in [0.2, 0.25) is 0 Å². The lowest BCUT2D eigenvalue weighted by Gasteiger charge is -2.31. The molecule has 2 rings (SSSR count). The molecule has 0 atom stereocenters. The van der Waals surface area contributed by atoms with Gasteiger partial charge in [-0.05, 0) is 36.4 Å². The SMILES string of the molecule is N#Cc1ccc(Sc2ccc(C#N)cc2C(F)(F)C(F)(F)C(F)(F)F)c(C(F)(F)C(F)(F)C(F)(F)F)c1. The number of rotatable bonds is 6. The minimum Gasteiger partial charge on any atom is -0.194 e. The van der Waals surface area contributed by atoms with Crippen LogP contribution in [-0.2, 0) is 11.8 Å². The van der Waals surface area contributed by atoms with Gasteiger partial charge in [-0.1, -0.05) is 11.8 Å². The summed E-state index contributed by atoms with van der Waals surface area (Å²) < 4.78 is 189. The molecule has 0 aromatic heterocycles. The van der Waals surface area contributed by atoms with Crippen LogP contribution in [-0.4, -0.2) is 24.2 Å². The molecule has 2 aromatic carbocycles. The van der Waals surface area contributed by atoms with E-state index in [1.54, 1.807) is 0 Å². The van der Waals surface area contributed by atoms with E-state index in [4.69, 9.17) is 10.5 Å². The summed E-state index contributed by atoms with van der Waals surface area (Å²) in [6.07, 6.45) is -13.7. The van der Waals surface area contributed by atoms with Crippen molar-refractivity contribution in [1.82, 2.24) is 0 Å². The summed E-state index contributed by atoms with van der Waals surface area (Å²) in [7, 11) is 0. The molecule has 200 valence electrons. The van der Waals surface area contributed by atoms with Gasteiger partial charge in [-0.3, -0.25) is 0 Å². The Bertz CT molecular complexity index is 1170. The maximum absolute atomic E-state index is 14.5. The van der Waals surface area contributed by atoms with E-state index in [1.165, 1.54) is 0 Å². The molecule has 0 heterocycles. The standard InChI is InChI=1S/C20H6F14N2S/c21-15(22,17(25,26)19(29,30)31)11-5-9(7-35)1-3-13(11)37-14-4-2-10(8-36)6-12(14)16(23,24)18(27,28)20(32,33)34/h1-6H. The second kappa shape index (κ2) is 9.27. The highest BCUT2D eigenvalue weighted by Gasteiger charge is 2.75. The van der Waals surface area contributed by atoms with E-state index < -0.39 is 79.8 Å². The molecule has 2 aromatic rings. The smallest absolute Gasteiger partial charge is 0.194 e. The largest absolute Gasteiger partial charge is 0.460 e. The van der Waals surface area contributed by atoms with Gasteiger partial charge >= 0.3 is 36.0 Å². The third-order valence-corrected chi connectivity index (χ3v) is 5.77. The number of benzene rings is 2. The summed E-state index contributed by atoms with van der Waals surface area (Å²) in [6.45, 7) is 0. The summed E-state index contributed by atoms with van der Waals surface area (Å²) >= 11 is -0.594. The monoisotopic (exact) mass is 572 g/mol. The zero-order valence-corrected chi connectivity index (χ0v) is 17.9. The molecule has 0 amide bonds. The van der Waals surface area contributed by atoms with Gasteiger partial charge in [0.1, 0.15) is 0 Å². The Morgan fingerprint density at radius 3 is 1.05 bits per heavy atom. The van der Waals surface area contributed by atoms with Crippen molar-refractivity contribution in [2.75, 3.05) is 0 Å². The number of nitrogens with zero attached hydrogens (tertiary/aromatic N) is 2. The molecule has 0 N–H and O–H groups in total. The van der Waals surface area contributed by atoms with Crippen LogP contribution in [0.4, 0.5) is 61.5 Å². The molecule has 0 spiro atoms. The van der Waals surface area contributed by atoms with Crippen molar-refractivity contribution in [3.8, 4) is 12.1 Å². The van der Waals surface area contributed by atoms with Gasteiger partial charge in [0.25, 0.3) is 0 Å². The van der Waals surface area contributed by atoms with Gasteiger partial charge in [0, 0.05) is 20.9 Å². The molecule has 37 heavy (non-hydrogen) atoms. The predicted octanol–water partition coefficient (Wildman–Crippen LogP) is 8.16. The topological polar surface area (TPSA) is 47.6 Å². The molecule has 0 radical (unpaired) electrons. The van der Waals surface area contributed by atoms with Crippen molar-refractivity contribution in [1.29, 1.82) is 10.5 Å². The zero-order valence-electron chi connectivity index (χ0n) is 17.1. The summed E-state index contributed by atoms with van der Waals surface area (Å²) in [6, 6.07) is 3.67. The van der Waals surface area contributed by atoms with Crippen LogP contribution in [0.5, 0.6) is 0 Å². The average Bonchev–Trinajstić information content (AvgIpc) is 2.77. The van der Waals surface area contributed by atoms with Gasteiger partial charge in [-0.25, -0.2) is 0 Å². The van der Waals surface area contributed by atoms with E-state index in [-0.39, 0.29) is 24.3 Å². The Morgan fingerprint density at radius 1 is 0.514 bits per heavy atom. The van der Waals surface area contributed by atoms with Crippen LogP contribution in [0.25, 0.3) is 0 Å². The first-order valence-corrected chi connectivity index (χ1v) is 9.79. The normalized spacial score (nSPS) is 13.7. The van der Waals surface area contributed by atoms with Crippen molar-refractivity contribution < 1.29 is 61.5 Å². The second-order valence-corrected chi connectivity index (χ2v) is 8.12. The van der Waals surface area contributed by atoms with Crippen LogP contribution in [0.15, 0.2) is 46.2 Å². The van der Waals surface area contributed by atoms with E-state index in [9.17, 15) is 61.5 Å². The van der Waals surface area contributed by atoms with Crippen molar-refractivity contribution in [2.24, 2.45) is 0 Å². The fraction of sp³-hybridized carbons (Fsp3) is 0.300. The maximum atomic E-state index is 14.5. The van der Waals surface area contributed by atoms with Crippen molar-refractivity contribution >= 4 is 11.8 Å². The lowest BCUT2D eigenvalue weighted by atomic mass is 9.99. The van der Waals surface area contributed by atoms with Gasteiger partial charge in [0.05, 0.1) is 23.3 Å². The highest BCUT2D eigenvalue weighted by Crippen LogP contribution is 2.56. The molecule has 0 aliphatic heterocycles. The van der Waals surface area contributed by atoms with Crippen LogP contribution in [0.1, 0.15) is 22.3 Å². The van der Waals surface area contributed by atoms with Crippen LogP contribution in [0.3, 0.4) is 0 Å². The van der Waals surface area contributed by atoms with E-state index in [0.717, 1.165) is 12.1 Å². The van der Waals surface area contributed by atoms with E-state index in [0.29, 0.717) is 12.1 Å². The summed E-state index contributed by atoms with van der Waals surface area (Å²) in [5, 5.41) is 17.6. The predicted molar refractivity (Wildman–Crippen MR) is 96.2 cm³/mol. The van der Waals surface area contributed by atoms with E-state index in [1.807, 2.05) is 0 Å². The van der Waals surface area contributed by atoms with Crippen molar-refractivity contribution in [2.45, 2.75) is 45.8 Å². The molecular formula is C20H6F14N2S.